The lowest BCUT2D eigenvalue weighted by Crippen LogP contribution is -2.02. The van der Waals surface area contributed by atoms with E-state index in [1.54, 1.807) is 0 Å². The molecule has 3 heteroatoms. The van der Waals surface area contributed by atoms with E-state index in [0.29, 0.717) is 5.70 Å². The van der Waals surface area contributed by atoms with Gasteiger partial charge >= 0.3 is 0 Å². The molecule has 0 saturated carbocycles. The van der Waals surface area contributed by atoms with Gasteiger partial charge in [-0.3, -0.25) is 0 Å². The van der Waals surface area contributed by atoms with Crippen LogP contribution in [0, 0.1) is 5.41 Å². The number of thiophene rings is 1. The number of hydrogen-bond donors (Lipinski definition) is 2. The van der Waals surface area contributed by atoms with Crippen LogP contribution in [0.25, 0.3) is 36.9 Å². The molecule has 2 nitrogen and oxygen atoms in total. The van der Waals surface area contributed by atoms with Gasteiger partial charge in [-0.15, -0.1) is 11.3 Å². The molecular formula is C29H22N2S. The van der Waals surface area contributed by atoms with E-state index in [1.807, 2.05) is 53.8 Å². The van der Waals surface area contributed by atoms with Crippen LogP contribution in [0.4, 0.5) is 5.69 Å². The first-order valence-electron chi connectivity index (χ1n) is 10.5. The number of hydrogen-bond acceptors (Lipinski definition) is 3. The molecule has 0 saturated heterocycles. The topological polar surface area (TPSA) is 35.9 Å². The Balaban J connectivity index is 1.47. The maximum atomic E-state index is 7.96. The summed E-state index contributed by atoms with van der Waals surface area (Å²) in [6, 6.07) is 33.4. The van der Waals surface area contributed by atoms with Crippen LogP contribution in [0.3, 0.4) is 0 Å². The standard InChI is InChI=1S/C29H22N2S/c1-20(22-15-16-29-26(18-22)25-12-6-8-14-28(25)32-29)17-23(19-30)31-27-13-7-5-11-24(27)21-9-3-2-4-10-21/h2-19,30-31H,1H2/b23-17+,30-19?. The fourth-order valence-electron chi connectivity index (χ4n) is 3.93. The molecule has 32 heavy (non-hydrogen) atoms. The molecule has 0 bridgehead atoms. The molecular weight excluding hydrogens is 408 g/mol. The zero-order valence-electron chi connectivity index (χ0n) is 17.5. The van der Waals surface area contributed by atoms with Gasteiger partial charge in [0.15, 0.2) is 0 Å². The van der Waals surface area contributed by atoms with Gasteiger partial charge in [0.1, 0.15) is 0 Å². The zero-order chi connectivity index (χ0) is 21.9. The van der Waals surface area contributed by atoms with Crippen LogP contribution < -0.4 is 5.32 Å². The van der Waals surface area contributed by atoms with Gasteiger partial charge in [0.2, 0.25) is 0 Å². The fraction of sp³-hybridized carbons (Fsp3) is 0. The number of para-hydroxylation sites is 1. The first-order chi connectivity index (χ1) is 15.7. The van der Waals surface area contributed by atoms with Crippen LogP contribution in [0.15, 0.2) is 115 Å². The zero-order valence-corrected chi connectivity index (χ0v) is 18.3. The highest BCUT2D eigenvalue weighted by molar-refractivity contribution is 7.25. The van der Waals surface area contributed by atoms with Crippen molar-refractivity contribution in [2.45, 2.75) is 0 Å². The lowest BCUT2D eigenvalue weighted by molar-refractivity contribution is 1.47. The highest BCUT2D eigenvalue weighted by atomic mass is 32.1. The summed E-state index contributed by atoms with van der Waals surface area (Å²) in [6.45, 7) is 4.29. The lowest BCUT2D eigenvalue weighted by atomic mass is 10.0. The molecule has 1 heterocycles. The van der Waals surface area contributed by atoms with Crippen molar-refractivity contribution in [3.05, 3.63) is 121 Å². The van der Waals surface area contributed by atoms with Crippen molar-refractivity contribution in [2.24, 2.45) is 0 Å². The van der Waals surface area contributed by atoms with Gasteiger partial charge in [-0.1, -0.05) is 79.4 Å². The molecule has 0 unspecified atom stereocenters. The molecule has 0 spiro atoms. The Bertz CT molecular complexity index is 1480. The highest BCUT2D eigenvalue weighted by Gasteiger charge is 2.08. The van der Waals surface area contributed by atoms with E-state index >= 15 is 0 Å². The Kier molecular flexibility index (Phi) is 5.40. The summed E-state index contributed by atoms with van der Waals surface area (Å²) in [5, 5.41) is 13.9. The molecule has 0 aliphatic carbocycles. The molecule has 5 rings (SSSR count). The van der Waals surface area contributed by atoms with Crippen LogP contribution in [0.5, 0.6) is 0 Å². The predicted octanol–water partition coefficient (Wildman–Crippen LogP) is 8.38. The van der Waals surface area contributed by atoms with E-state index in [2.05, 4.69) is 72.6 Å². The molecule has 1 aromatic heterocycles. The quantitative estimate of drug-likeness (QED) is 0.206. The number of nitrogens with one attached hydrogen (secondary N) is 2. The largest absolute Gasteiger partial charge is 0.354 e. The van der Waals surface area contributed by atoms with Crippen LogP contribution in [-0.2, 0) is 0 Å². The average Bonchev–Trinajstić information content (AvgIpc) is 3.22. The molecule has 2 N–H and O–H groups in total. The van der Waals surface area contributed by atoms with Crippen LogP contribution >= 0.6 is 11.3 Å². The molecule has 0 amide bonds. The maximum absolute atomic E-state index is 7.96. The minimum atomic E-state index is 0.689. The normalized spacial score (nSPS) is 11.6. The van der Waals surface area contributed by atoms with Crippen LogP contribution in [0.1, 0.15) is 5.56 Å². The third kappa shape index (κ3) is 3.86. The molecule has 0 fully saturated rings. The van der Waals surface area contributed by atoms with Crippen molar-refractivity contribution < 1.29 is 0 Å². The lowest BCUT2D eigenvalue weighted by Gasteiger charge is -2.13. The van der Waals surface area contributed by atoms with Crippen molar-refractivity contribution >= 4 is 49.0 Å². The summed E-state index contributed by atoms with van der Waals surface area (Å²) in [7, 11) is 0. The summed E-state index contributed by atoms with van der Waals surface area (Å²) in [6.07, 6.45) is 3.27. The third-order valence-electron chi connectivity index (χ3n) is 5.52. The van der Waals surface area contributed by atoms with Gasteiger partial charge in [0, 0.05) is 37.6 Å². The maximum Gasteiger partial charge on any atom is 0.0569 e. The number of rotatable bonds is 6. The van der Waals surface area contributed by atoms with E-state index in [0.717, 1.165) is 28.0 Å². The minimum absolute atomic E-state index is 0.689. The summed E-state index contributed by atoms with van der Waals surface area (Å²) in [5.41, 5.74) is 5.80. The predicted molar refractivity (Wildman–Crippen MR) is 141 cm³/mol. The molecule has 0 aliphatic rings. The summed E-state index contributed by atoms with van der Waals surface area (Å²) in [4.78, 5) is 0. The van der Waals surface area contributed by atoms with Crippen molar-refractivity contribution in [3.63, 3.8) is 0 Å². The first-order valence-corrected chi connectivity index (χ1v) is 11.3. The van der Waals surface area contributed by atoms with Crippen molar-refractivity contribution in [2.75, 3.05) is 5.32 Å². The van der Waals surface area contributed by atoms with Crippen molar-refractivity contribution in [3.8, 4) is 11.1 Å². The minimum Gasteiger partial charge on any atom is -0.354 e. The Morgan fingerprint density at radius 3 is 2.34 bits per heavy atom. The Morgan fingerprint density at radius 2 is 1.50 bits per heavy atom. The van der Waals surface area contributed by atoms with Crippen LogP contribution in [-0.4, -0.2) is 6.21 Å². The van der Waals surface area contributed by atoms with Gasteiger partial charge in [0.25, 0.3) is 0 Å². The van der Waals surface area contributed by atoms with Crippen molar-refractivity contribution in [1.29, 1.82) is 5.41 Å². The second-order valence-electron chi connectivity index (χ2n) is 7.62. The Morgan fingerprint density at radius 1 is 0.781 bits per heavy atom. The van der Waals surface area contributed by atoms with Gasteiger partial charge in [0.05, 0.1) is 5.70 Å². The molecule has 0 atom stereocenters. The first kappa shape index (κ1) is 20.0. The number of anilines is 1. The third-order valence-corrected chi connectivity index (χ3v) is 6.68. The molecule has 0 aliphatic heterocycles. The van der Waals surface area contributed by atoms with E-state index in [9.17, 15) is 0 Å². The summed E-state index contributed by atoms with van der Waals surface area (Å²) >= 11 is 1.81. The Hall–Kier alpha value is -3.95. The number of benzene rings is 4. The van der Waals surface area contributed by atoms with Gasteiger partial charge in [-0.2, -0.15) is 0 Å². The van der Waals surface area contributed by atoms with E-state index in [4.69, 9.17) is 5.41 Å². The van der Waals surface area contributed by atoms with Gasteiger partial charge in [-0.25, -0.2) is 0 Å². The second kappa shape index (κ2) is 8.66. The van der Waals surface area contributed by atoms with E-state index < -0.39 is 0 Å². The fourth-order valence-corrected chi connectivity index (χ4v) is 5.01. The van der Waals surface area contributed by atoms with Crippen molar-refractivity contribution in [1.82, 2.24) is 0 Å². The van der Waals surface area contributed by atoms with Gasteiger partial charge < -0.3 is 10.7 Å². The summed E-state index contributed by atoms with van der Waals surface area (Å²) < 4.78 is 2.56. The molecule has 154 valence electrons. The summed E-state index contributed by atoms with van der Waals surface area (Å²) in [5.74, 6) is 0. The molecule has 4 aromatic carbocycles. The average molecular weight is 431 g/mol. The smallest absolute Gasteiger partial charge is 0.0569 e. The SMILES string of the molecule is C=C(/C=C(\C=N)Nc1ccccc1-c1ccccc1)c1ccc2sc3ccccc3c2c1. The monoisotopic (exact) mass is 430 g/mol. The number of fused-ring (bicyclic) bond motifs is 3. The second-order valence-corrected chi connectivity index (χ2v) is 8.70. The van der Waals surface area contributed by atoms with E-state index in [-0.39, 0.29) is 0 Å². The van der Waals surface area contributed by atoms with Gasteiger partial charge in [-0.05, 0) is 47.0 Å². The number of allylic oxidation sites excluding steroid dienone is 3. The Labute approximate surface area is 191 Å². The van der Waals surface area contributed by atoms with E-state index in [1.165, 1.54) is 26.4 Å². The molecule has 5 aromatic rings. The highest BCUT2D eigenvalue weighted by Crippen LogP contribution is 2.35. The molecule has 0 radical (unpaired) electrons. The van der Waals surface area contributed by atoms with Crippen LogP contribution in [0.2, 0.25) is 0 Å².